The van der Waals surface area contributed by atoms with Gasteiger partial charge in [0.05, 0.1) is 0 Å². The first-order chi connectivity index (χ1) is 2.00. The molecule has 0 aromatic heterocycles. The van der Waals surface area contributed by atoms with E-state index in [-0.39, 0.29) is 128 Å². The monoisotopic (exact) mass is 540 g/mol. The van der Waals surface area contributed by atoms with Crippen molar-refractivity contribution < 1.29 is 43.7 Å². The van der Waals surface area contributed by atoms with Crippen molar-refractivity contribution in [2.45, 2.75) is 0 Å². The van der Waals surface area contributed by atoms with Crippen LogP contribution >= 0.6 is 0 Å². The molecule has 0 amide bonds. The molecule has 8 heteroatoms. The normalized spacial score (nSPS) is 1.50. The van der Waals surface area contributed by atoms with E-state index in [9.17, 15) is 0 Å². The third kappa shape index (κ3) is 52.0. The Morgan fingerprint density at radius 2 is 0.625 bits per heavy atom. The minimum atomic E-state index is 0. The molecule has 0 unspecified atom stereocenters. The van der Waals surface area contributed by atoms with E-state index in [0.29, 0.717) is 0 Å². The topological polar surface area (TPSA) is 34.1 Å². The van der Waals surface area contributed by atoms with Gasteiger partial charge in [-0.25, -0.2) is 0 Å². The molecule has 0 atom stereocenters. The van der Waals surface area contributed by atoms with Crippen molar-refractivity contribution in [1.29, 1.82) is 0 Å². The first-order valence-electron chi connectivity index (χ1n) is 0.577. The molecular formula is H12Ga2In2O2Zn2. The van der Waals surface area contributed by atoms with Crippen LogP contribution in [0, 0.1) is 0 Å². The second-order valence-corrected chi connectivity index (χ2v) is 0. The van der Waals surface area contributed by atoms with Gasteiger partial charge in [0.1, 0.15) is 0 Å². The Kier molecular flexibility index (Phi) is 361. The third-order valence-corrected chi connectivity index (χ3v) is 0. The summed E-state index contributed by atoms with van der Waals surface area (Å²) in [6.45, 7) is 0. The Morgan fingerprint density at radius 3 is 0.625 bits per heavy atom. The van der Waals surface area contributed by atoms with E-state index in [1.165, 1.54) is 0 Å². The summed E-state index contributed by atoms with van der Waals surface area (Å²) in [5.74, 6) is 0. The van der Waals surface area contributed by atoms with Crippen LogP contribution in [0.5, 0.6) is 0 Å². The predicted molar refractivity (Wildman–Crippen MR) is 41.1 cm³/mol. The molecule has 8 heavy (non-hydrogen) atoms. The first kappa shape index (κ1) is 40.7. The van der Waals surface area contributed by atoms with Gasteiger partial charge >= 0.3 is 135 Å². The van der Waals surface area contributed by atoms with E-state index >= 15 is 0 Å². The van der Waals surface area contributed by atoms with E-state index in [2.05, 4.69) is 0 Å². The Bertz CT molecular complexity index is 18.0. The summed E-state index contributed by atoms with van der Waals surface area (Å²) < 4.78 is 16.8. The van der Waals surface area contributed by atoms with Gasteiger partial charge in [0, 0.05) is 0 Å². The fraction of sp³-hybridized carbons (Fsp3) is 0. The molecule has 0 aromatic carbocycles. The molecule has 0 fully saturated rings. The van der Waals surface area contributed by atoms with E-state index in [1.807, 2.05) is 0 Å². The molecule has 0 aliphatic carbocycles. The molecule has 2 nitrogen and oxygen atoms in total. The summed E-state index contributed by atoms with van der Waals surface area (Å²) >= 11 is 0.250. The van der Waals surface area contributed by atoms with E-state index in [4.69, 9.17) is 7.15 Å². The van der Waals surface area contributed by atoms with Crippen LogP contribution in [0.4, 0.5) is 0 Å². The second-order valence-electron chi connectivity index (χ2n) is 0. The van der Waals surface area contributed by atoms with Crippen LogP contribution in [-0.2, 0) is 43.7 Å². The van der Waals surface area contributed by atoms with Crippen LogP contribution in [0.1, 0.15) is 0 Å². The maximum atomic E-state index is 8.38. The SMILES string of the molecule is [GaH3].[GaH3].[InH3].[InH3].[O]=[Zn].[O]=[Zn]. The Hall–Kier alpha value is 3.86. The van der Waals surface area contributed by atoms with Crippen LogP contribution in [0.25, 0.3) is 0 Å². The molecule has 0 N–H and O–H groups in total. The zero-order chi connectivity index (χ0) is 4.00. The third-order valence-electron chi connectivity index (χ3n) is 0. The molecule has 0 bridgehead atoms. The van der Waals surface area contributed by atoms with Gasteiger partial charge in [-0.3, -0.25) is 0 Å². The van der Waals surface area contributed by atoms with Crippen molar-refractivity contribution in [3.63, 3.8) is 0 Å². The van der Waals surface area contributed by atoms with Crippen molar-refractivity contribution in [3.8, 4) is 0 Å². The van der Waals surface area contributed by atoms with Crippen LogP contribution in [0.2, 0.25) is 0 Å². The van der Waals surface area contributed by atoms with Crippen molar-refractivity contribution in [1.82, 2.24) is 0 Å². The molecule has 0 aromatic rings. The Labute approximate surface area is 132 Å². The summed E-state index contributed by atoms with van der Waals surface area (Å²) in [4.78, 5) is 0. The molecule has 0 radical (unpaired) electrons. The van der Waals surface area contributed by atoms with Gasteiger partial charge in [0.25, 0.3) is 0 Å². The van der Waals surface area contributed by atoms with Gasteiger partial charge in [0.15, 0.2) is 0 Å². The minimum absolute atomic E-state index is 0. The first-order valence-corrected chi connectivity index (χ1v) is 3.00. The summed E-state index contributed by atoms with van der Waals surface area (Å²) in [6, 6.07) is 0. The van der Waals surface area contributed by atoms with Gasteiger partial charge in [-0.2, -0.15) is 0 Å². The average molecular weight is 544 g/mol. The zero-order valence-electron chi connectivity index (χ0n) is 2.23. The van der Waals surface area contributed by atoms with Crippen molar-refractivity contribution in [2.75, 3.05) is 0 Å². The van der Waals surface area contributed by atoms with Gasteiger partial charge in [-0.1, -0.05) is 0 Å². The quantitative estimate of drug-likeness (QED) is 0.287. The summed E-state index contributed by atoms with van der Waals surface area (Å²) in [5.41, 5.74) is 0. The predicted octanol–water partition coefficient (Wildman–Crippen LogP) is -4.98. The van der Waals surface area contributed by atoms with E-state index < -0.39 is 0 Å². The van der Waals surface area contributed by atoms with Crippen molar-refractivity contribution in [3.05, 3.63) is 0 Å². The Balaban J connectivity index is -0.00000000167. The van der Waals surface area contributed by atoms with Gasteiger partial charge in [0.2, 0.25) is 0 Å². The summed E-state index contributed by atoms with van der Waals surface area (Å²) in [6.07, 6.45) is 0. The average Bonchev–Trinajstić information content (AvgIpc) is 1.50. The Morgan fingerprint density at radius 1 is 0.625 bits per heavy atom. The van der Waals surface area contributed by atoms with Crippen LogP contribution in [0.3, 0.4) is 0 Å². The second kappa shape index (κ2) is 70.9. The molecule has 0 aliphatic heterocycles. The van der Waals surface area contributed by atoms with Crippen molar-refractivity contribution in [2.24, 2.45) is 0 Å². The van der Waals surface area contributed by atoms with Crippen molar-refractivity contribution >= 4 is 91.3 Å². The molecule has 0 saturated heterocycles. The zero-order valence-corrected chi connectivity index (χ0v) is 8.16. The van der Waals surface area contributed by atoms with Gasteiger partial charge < -0.3 is 0 Å². The fourth-order valence-electron chi connectivity index (χ4n) is 0. The van der Waals surface area contributed by atoms with Crippen LogP contribution in [0.15, 0.2) is 0 Å². The number of hydrogen-bond acceptors (Lipinski definition) is 2. The molecule has 0 rings (SSSR count). The molecular weight excluding hydrogens is 532 g/mol. The van der Waals surface area contributed by atoms with Gasteiger partial charge in [-0.15, -0.1) is 0 Å². The molecule has 0 heterocycles. The molecule has 40 valence electrons. The van der Waals surface area contributed by atoms with Crippen LogP contribution < -0.4 is 0 Å². The molecule has 0 aliphatic rings. The summed E-state index contributed by atoms with van der Waals surface area (Å²) in [7, 11) is 0. The number of rotatable bonds is 0. The van der Waals surface area contributed by atoms with Gasteiger partial charge in [-0.05, 0) is 0 Å². The maximum absolute atomic E-state index is 8.38. The fourth-order valence-corrected chi connectivity index (χ4v) is 0. The van der Waals surface area contributed by atoms with Crippen LogP contribution in [-0.4, -0.2) is 91.3 Å². The van der Waals surface area contributed by atoms with E-state index in [1.54, 1.807) is 0 Å². The standard InChI is InChI=1S/2Ga.2In.2O.2Zn.12H. The number of hydrogen-bond donors (Lipinski definition) is 0. The summed E-state index contributed by atoms with van der Waals surface area (Å²) in [5, 5.41) is 0. The molecule has 0 saturated carbocycles. The molecule has 0 spiro atoms. The van der Waals surface area contributed by atoms with E-state index in [0.717, 1.165) is 0 Å².